The number of piperidine rings is 1. The Morgan fingerprint density at radius 1 is 1.15 bits per heavy atom. The maximum absolute atomic E-state index is 13.2. The average Bonchev–Trinajstić information content (AvgIpc) is 2.83. The van der Waals surface area contributed by atoms with Crippen molar-refractivity contribution in [2.75, 3.05) is 26.7 Å². The maximum Gasteiger partial charge on any atom is 0.417 e. The standard InChI is InChI=1S/C27H38F3N3O/c1-3-23(33-16-13-20(14-17-33)24-10-6-7-11-26(24)34)9-5-4-8-21-18-22(27(28,29)30)19-32-25(21)12-15-31-2/h6-7,10-11,18-20,23,31,34H,3-5,8-9,12-17H2,1-2H3. The van der Waals surface area contributed by atoms with E-state index in [4.69, 9.17) is 0 Å². The number of hydrogen-bond donors (Lipinski definition) is 2. The minimum Gasteiger partial charge on any atom is -0.508 e. The summed E-state index contributed by atoms with van der Waals surface area (Å²) >= 11 is 0. The van der Waals surface area contributed by atoms with Gasteiger partial charge in [-0.05, 0) is 87.8 Å². The zero-order valence-corrected chi connectivity index (χ0v) is 20.4. The number of aryl methyl sites for hydroxylation is 1. The number of nitrogens with zero attached hydrogens (tertiary/aromatic N) is 2. The van der Waals surface area contributed by atoms with E-state index in [0.29, 0.717) is 37.1 Å². The number of phenolic OH excluding ortho intramolecular Hbond substituents is 1. The first-order chi connectivity index (χ1) is 16.3. The van der Waals surface area contributed by atoms with Crippen molar-refractivity contribution in [3.8, 4) is 5.75 Å². The first-order valence-corrected chi connectivity index (χ1v) is 12.5. The smallest absolute Gasteiger partial charge is 0.417 e. The molecule has 2 heterocycles. The van der Waals surface area contributed by atoms with E-state index in [1.54, 1.807) is 6.07 Å². The zero-order chi connectivity index (χ0) is 24.6. The molecule has 4 nitrogen and oxygen atoms in total. The van der Waals surface area contributed by atoms with E-state index in [-0.39, 0.29) is 0 Å². The van der Waals surface area contributed by atoms with Crippen LogP contribution in [0.3, 0.4) is 0 Å². The minimum atomic E-state index is -4.36. The molecule has 0 saturated carbocycles. The van der Waals surface area contributed by atoms with Gasteiger partial charge in [-0.15, -0.1) is 0 Å². The summed E-state index contributed by atoms with van der Waals surface area (Å²) in [4.78, 5) is 6.69. The van der Waals surface area contributed by atoms with Gasteiger partial charge in [-0.2, -0.15) is 13.2 Å². The molecule has 1 atom stereocenters. The van der Waals surface area contributed by atoms with Crippen LogP contribution in [0.2, 0.25) is 0 Å². The van der Waals surface area contributed by atoms with Crippen molar-refractivity contribution in [2.45, 2.75) is 76.4 Å². The Hall–Kier alpha value is -2.12. The molecule has 0 bridgehead atoms. The largest absolute Gasteiger partial charge is 0.508 e. The summed E-state index contributed by atoms with van der Waals surface area (Å²) in [6, 6.07) is 9.43. The number of unbranched alkanes of at least 4 members (excludes halogenated alkanes) is 1. The van der Waals surface area contributed by atoms with Crippen molar-refractivity contribution in [1.82, 2.24) is 15.2 Å². The lowest BCUT2D eigenvalue weighted by molar-refractivity contribution is -0.137. The summed E-state index contributed by atoms with van der Waals surface area (Å²) in [5, 5.41) is 13.2. The van der Waals surface area contributed by atoms with Gasteiger partial charge in [0.05, 0.1) is 5.56 Å². The fraction of sp³-hybridized carbons (Fsp3) is 0.593. The van der Waals surface area contributed by atoms with E-state index < -0.39 is 11.7 Å². The van der Waals surface area contributed by atoms with Crippen molar-refractivity contribution in [1.29, 1.82) is 0 Å². The molecule has 1 aromatic heterocycles. The topological polar surface area (TPSA) is 48.4 Å². The van der Waals surface area contributed by atoms with Crippen LogP contribution in [0.15, 0.2) is 36.5 Å². The Morgan fingerprint density at radius 2 is 1.88 bits per heavy atom. The molecule has 34 heavy (non-hydrogen) atoms. The first-order valence-electron chi connectivity index (χ1n) is 12.5. The Balaban J connectivity index is 1.51. The summed E-state index contributed by atoms with van der Waals surface area (Å²) in [6.45, 7) is 4.94. The van der Waals surface area contributed by atoms with Crippen molar-refractivity contribution in [3.05, 3.63) is 58.9 Å². The van der Waals surface area contributed by atoms with Gasteiger partial charge in [-0.3, -0.25) is 4.98 Å². The van der Waals surface area contributed by atoms with E-state index in [2.05, 4.69) is 22.1 Å². The lowest BCUT2D eigenvalue weighted by Crippen LogP contribution is -2.40. The monoisotopic (exact) mass is 477 g/mol. The number of halogens is 3. The second-order valence-electron chi connectivity index (χ2n) is 9.36. The molecule has 0 amide bonds. The second-order valence-corrected chi connectivity index (χ2v) is 9.36. The molecule has 2 N–H and O–H groups in total. The van der Waals surface area contributed by atoms with Crippen LogP contribution in [0.5, 0.6) is 5.75 Å². The Labute approximate surface area is 201 Å². The molecule has 0 radical (unpaired) electrons. The summed E-state index contributed by atoms with van der Waals surface area (Å²) in [5.74, 6) is 0.797. The fourth-order valence-electron chi connectivity index (χ4n) is 5.13. The van der Waals surface area contributed by atoms with E-state index in [9.17, 15) is 18.3 Å². The van der Waals surface area contributed by atoms with E-state index in [1.165, 1.54) is 6.07 Å². The van der Waals surface area contributed by atoms with Crippen LogP contribution in [0, 0.1) is 0 Å². The van der Waals surface area contributed by atoms with Crippen LogP contribution in [-0.2, 0) is 19.0 Å². The Bertz CT molecular complexity index is 895. The highest BCUT2D eigenvalue weighted by Crippen LogP contribution is 2.35. The average molecular weight is 478 g/mol. The molecule has 1 fully saturated rings. The molecule has 0 aliphatic carbocycles. The summed E-state index contributed by atoms with van der Waals surface area (Å²) in [7, 11) is 1.83. The van der Waals surface area contributed by atoms with Gasteiger partial charge in [0, 0.05) is 30.9 Å². The number of rotatable bonds is 11. The number of alkyl halides is 3. The van der Waals surface area contributed by atoms with E-state index in [0.717, 1.165) is 74.6 Å². The molecule has 1 aromatic carbocycles. The first kappa shape index (κ1) is 26.5. The van der Waals surface area contributed by atoms with Crippen LogP contribution in [0.25, 0.3) is 0 Å². The van der Waals surface area contributed by atoms with Gasteiger partial charge in [0.2, 0.25) is 0 Å². The van der Waals surface area contributed by atoms with Crippen LogP contribution in [0.4, 0.5) is 13.2 Å². The Morgan fingerprint density at radius 3 is 2.53 bits per heavy atom. The number of pyridine rings is 1. The molecule has 0 spiro atoms. The molecule has 1 unspecified atom stereocenters. The van der Waals surface area contributed by atoms with Crippen molar-refractivity contribution in [3.63, 3.8) is 0 Å². The van der Waals surface area contributed by atoms with Crippen LogP contribution >= 0.6 is 0 Å². The lowest BCUT2D eigenvalue weighted by atomic mass is 9.87. The quantitative estimate of drug-likeness (QED) is 0.393. The van der Waals surface area contributed by atoms with Gasteiger partial charge in [-0.1, -0.05) is 31.5 Å². The molecule has 7 heteroatoms. The van der Waals surface area contributed by atoms with Crippen LogP contribution in [-0.4, -0.2) is 47.7 Å². The normalized spacial score (nSPS) is 16.6. The number of hydrogen-bond acceptors (Lipinski definition) is 4. The third-order valence-electron chi connectivity index (χ3n) is 7.13. The van der Waals surface area contributed by atoms with Gasteiger partial charge in [0.25, 0.3) is 0 Å². The molecular formula is C27H38F3N3O. The number of aromatic hydroxyl groups is 1. The molecule has 1 aliphatic rings. The molecule has 2 aromatic rings. The number of likely N-dealkylation sites (tertiary alicyclic amines) is 1. The molecular weight excluding hydrogens is 439 g/mol. The summed E-state index contributed by atoms with van der Waals surface area (Å²) in [5.41, 5.74) is 1.88. The predicted molar refractivity (Wildman–Crippen MR) is 130 cm³/mol. The number of nitrogens with one attached hydrogen (secondary N) is 1. The molecule has 1 saturated heterocycles. The van der Waals surface area contributed by atoms with Gasteiger partial charge in [0.1, 0.15) is 5.75 Å². The van der Waals surface area contributed by atoms with E-state index in [1.807, 2.05) is 25.2 Å². The molecule has 188 valence electrons. The van der Waals surface area contributed by atoms with Gasteiger partial charge in [-0.25, -0.2) is 0 Å². The molecule has 1 aliphatic heterocycles. The van der Waals surface area contributed by atoms with Crippen LogP contribution < -0.4 is 5.32 Å². The SMILES string of the molecule is CCC(CCCCc1cc(C(F)(F)F)cnc1CCNC)N1CCC(c2ccccc2O)CC1. The number of aromatic nitrogens is 1. The van der Waals surface area contributed by atoms with E-state index >= 15 is 0 Å². The second kappa shape index (κ2) is 12.5. The van der Waals surface area contributed by atoms with Gasteiger partial charge < -0.3 is 15.3 Å². The van der Waals surface area contributed by atoms with Gasteiger partial charge in [0.15, 0.2) is 0 Å². The van der Waals surface area contributed by atoms with Crippen molar-refractivity contribution < 1.29 is 18.3 Å². The van der Waals surface area contributed by atoms with Gasteiger partial charge >= 0.3 is 6.18 Å². The predicted octanol–water partition coefficient (Wildman–Crippen LogP) is 5.94. The number of likely N-dealkylation sites (N-methyl/N-ethyl adjacent to an activating group) is 1. The summed E-state index contributed by atoms with van der Waals surface area (Å²) in [6.07, 6.45) is 3.91. The van der Waals surface area contributed by atoms with Crippen LogP contribution in [0.1, 0.15) is 73.8 Å². The number of para-hydroxylation sites is 1. The lowest BCUT2D eigenvalue weighted by Gasteiger charge is -2.37. The van der Waals surface area contributed by atoms with Crippen molar-refractivity contribution in [2.24, 2.45) is 0 Å². The highest BCUT2D eigenvalue weighted by atomic mass is 19.4. The maximum atomic E-state index is 13.2. The zero-order valence-electron chi connectivity index (χ0n) is 20.4. The highest BCUT2D eigenvalue weighted by Gasteiger charge is 2.31. The summed E-state index contributed by atoms with van der Waals surface area (Å²) < 4.78 is 39.6. The highest BCUT2D eigenvalue weighted by molar-refractivity contribution is 5.35. The number of phenols is 1. The third-order valence-corrected chi connectivity index (χ3v) is 7.13. The minimum absolute atomic E-state index is 0.395. The fourth-order valence-corrected chi connectivity index (χ4v) is 5.13. The Kier molecular flexibility index (Phi) is 9.77. The third kappa shape index (κ3) is 7.19. The van der Waals surface area contributed by atoms with Crippen molar-refractivity contribution >= 4 is 0 Å². The number of benzene rings is 1. The molecule has 3 rings (SSSR count).